The Labute approximate surface area is 155 Å². The molecule has 2 aromatic carbocycles. The van der Waals surface area contributed by atoms with Crippen LogP contribution in [0.5, 0.6) is 0 Å². The summed E-state index contributed by atoms with van der Waals surface area (Å²) in [5.74, 6) is -1.02. The number of benzene rings is 2. The molecule has 0 radical (unpaired) electrons. The number of anilines is 1. The van der Waals surface area contributed by atoms with Gasteiger partial charge >= 0.3 is 6.03 Å². The standard InChI is InChI=1S/C18H15Cl2N3O2/c1-10-15(17(24)22-14-9-5-4-8-13(14)20)16(23-18(25)21-10)11-6-2-3-7-12(11)19/h2-9,15-16H,1H3,(H,22,24)(H,23,25). The molecule has 25 heavy (non-hydrogen) atoms. The molecule has 1 heterocycles. The maximum atomic E-state index is 12.9. The highest BCUT2D eigenvalue weighted by molar-refractivity contribution is 6.34. The van der Waals surface area contributed by atoms with Gasteiger partial charge in [-0.3, -0.25) is 4.79 Å². The van der Waals surface area contributed by atoms with Gasteiger partial charge in [-0.15, -0.1) is 0 Å². The van der Waals surface area contributed by atoms with Crippen molar-refractivity contribution < 1.29 is 9.59 Å². The van der Waals surface area contributed by atoms with Gasteiger partial charge in [-0.05, 0) is 30.7 Å². The van der Waals surface area contributed by atoms with Crippen LogP contribution in [0.4, 0.5) is 10.5 Å². The quantitative estimate of drug-likeness (QED) is 0.830. The smallest absolute Gasteiger partial charge is 0.328 e. The van der Waals surface area contributed by atoms with Crippen molar-refractivity contribution in [3.05, 3.63) is 64.1 Å². The minimum Gasteiger partial charge on any atom is -0.328 e. The third-order valence-electron chi connectivity index (χ3n) is 3.99. The van der Waals surface area contributed by atoms with Crippen molar-refractivity contribution in [1.29, 1.82) is 0 Å². The van der Waals surface area contributed by atoms with Crippen molar-refractivity contribution in [3.8, 4) is 0 Å². The van der Waals surface area contributed by atoms with Crippen molar-refractivity contribution >= 4 is 46.5 Å². The van der Waals surface area contributed by atoms with Crippen LogP contribution in [0.25, 0.3) is 0 Å². The first-order chi connectivity index (χ1) is 12.0. The fourth-order valence-electron chi connectivity index (χ4n) is 2.82. The summed E-state index contributed by atoms with van der Waals surface area (Å²) in [6.07, 6.45) is 0. The van der Waals surface area contributed by atoms with Crippen molar-refractivity contribution in [1.82, 2.24) is 5.32 Å². The van der Waals surface area contributed by atoms with E-state index >= 15 is 0 Å². The van der Waals surface area contributed by atoms with E-state index in [1.165, 1.54) is 0 Å². The Kier molecular flexibility index (Phi) is 5.06. The summed E-state index contributed by atoms with van der Waals surface area (Å²) in [6, 6.07) is 12.9. The van der Waals surface area contributed by atoms with E-state index in [4.69, 9.17) is 23.2 Å². The van der Waals surface area contributed by atoms with Crippen LogP contribution in [0, 0.1) is 5.92 Å². The molecule has 2 unspecified atom stereocenters. The van der Waals surface area contributed by atoms with Gasteiger partial charge in [0.15, 0.2) is 0 Å². The molecule has 2 N–H and O–H groups in total. The van der Waals surface area contributed by atoms with Gasteiger partial charge in [0.2, 0.25) is 5.91 Å². The average Bonchev–Trinajstić information content (AvgIpc) is 2.56. The number of amides is 3. The molecule has 0 fully saturated rings. The number of nitrogens with one attached hydrogen (secondary N) is 2. The average molecular weight is 376 g/mol. The number of carbonyl (C=O) groups is 2. The van der Waals surface area contributed by atoms with E-state index in [0.29, 0.717) is 27.0 Å². The number of rotatable bonds is 3. The number of urea groups is 1. The summed E-state index contributed by atoms with van der Waals surface area (Å²) in [7, 11) is 0. The van der Waals surface area contributed by atoms with Crippen LogP contribution in [-0.4, -0.2) is 17.6 Å². The molecule has 0 saturated heterocycles. The first-order valence-corrected chi connectivity index (χ1v) is 8.38. The van der Waals surface area contributed by atoms with E-state index in [2.05, 4.69) is 15.6 Å². The van der Waals surface area contributed by atoms with Crippen molar-refractivity contribution in [2.45, 2.75) is 13.0 Å². The van der Waals surface area contributed by atoms with Gasteiger partial charge in [0.1, 0.15) is 5.92 Å². The highest BCUT2D eigenvalue weighted by Gasteiger charge is 2.37. The number of halogens is 2. The molecular formula is C18H15Cl2N3O2. The third-order valence-corrected chi connectivity index (χ3v) is 4.67. The molecule has 3 rings (SSSR count). The van der Waals surface area contributed by atoms with E-state index in [0.717, 1.165) is 0 Å². The fourth-order valence-corrected chi connectivity index (χ4v) is 3.25. The second kappa shape index (κ2) is 7.25. The summed E-state index contributed by atoms with van der Waals surface area (Å²) in [5.41, 5.74) is 1.57. The van der Waals surface area contributed by atoms with Crippen LogP contribution in [0.15, 0.2) is 53.5 Å². The second-order valence-corrected chi connectivity index (χ2v) is 6.46. The normalized spacial score (nSPS) is 19.8. The summed E-state index contributed by atoms with van der Waals surface area (Å²) in [4.78, 5) is 28.6. The summed E-state index contributed by atoms with van der Waals surface area (Å²) in [5, 5.41) is 6.43. The molecule has 128 valence electrons. The van der Waals surface area contributed by atoms with Crippen molar-refractivity contribution in [2.75, 3.05) is 5.32 Å². The fraction of sp³-hybridized carbons (Fsp3) is 0.167. The molecular weight excluding hydrogens is 361 g/mol. The second-order valence-electron chi connectivity index (χ2n) is 5.65. The zero-order valence-corrected chi connectivity index (χ0v) is 14.8. The van der Waals surface area contributed by atoms with Crippen molar-refractivity contribution in [2.24, 2.45) is 10.9 Å². The van der Waals surface area contributed by atoms with Crippen LogP contribution in [-0.2, 0) is 4.79 Å². The summed E-state index contributed by atoms with van der Waals surface area (Å²) >= 11 is 12.4. The first kappa shape index (κ1) is 17.5. The summed E-state index contributed by atoms with van der Waals surface area (Å²) in [6.45, 7) is 1.65. The highest BCUT2D eigenvalue weighted by atomic mass is 35.5. The lowest BCUT2D eigenvalue weighted by Gasteiger charge is -2.31. The predicted octanol–water partition coefficient (Wildman–Crippen LogP) is 4.47. The molecule has 0 bridgehead atoms. The Morgan fingerprint density at radius 3 is 2.40 bits per heavy atom. The molecule has 1 aliphatic heterocycles. The van der Waals surface area contributed by atoms with Crippen molar-refractivity contribution in [3.63, 3.8) is 0 Å². The van der Waals surface area contributed by atoms with E-state index in [-0.39, 0.29) is 5.91 Å². The first-order valence-electron chi connectivity index (χ1n) is 7.63. The zero-order valence-electron chi connectivity index (χ0n) is 13.3. The van der Waals surface area contributed by atoms with Crippen LogP contribution in [0.2, 0.25) is 10.0 Å². The number of nitrogens with zero attached hydrogens (tertiary/aromatic N) is 1. The van der Waals surface area contributed by atoms with Gasteiger partial charge in [-0.25, -0.2) is 9.79 Å². The Morgan fingerprint density at radius 2 is 1.72 bits per heavy atom. The Bertz CT molecular complexity index is 867. The highest BCUT2D eigenvalue weighted by Crippen LogP contribution is 2.33. The SMILES string of the molecule is CC1=NC(=O)NC(c2ccccc2Cl)C1C(=O)Nc1ccccc1Cl. The summed E-state index contributed by atoms with van der Waals surface area (Å²) < 4.78 is 0. The van der Waals surface area contributed by atoms with Gasteiger partial charge in [0.05, 0.1) is 16.8 Å². The Hall–Kier alpha value is -2.37. The maximum Gasteiger partial charge on any atom is 0.341 e. The lowest BCUT2D eigenvalue weighted by molar-refractivity contribution is -0.118. The van der Waals surface area contributed by atoms with Crippen LogP contribution >= 0.6 is 23.2 Å². The number of aliphatic imine (C=N–C) groups is 1. The maximum absolute atomic E-state index is 12.9. The van der Waals surface area contributed by atoms with Gasteiger partial charge in [0.25, 0.3) is 0 Å². The van der Waals surface area contributed by atoms with Gasteiger partial charge in [0, 0.05) is 10.7 Å². The molecule has 1 aliphatic rings. The molecule has 0 saturated carbocycles. The predicted molar refractivity (Wildman–Crippen MR) is 99.4 cm³/mol. The topological polar surface area (TPSA) is 70.6 Å². The molecule has 3 amide bonds. The van der Waals surface area contributed by atoms with E-state index in [9.17, 15) is 9.59 Å². The van der Waals surface area contributed by atoms with Gasteiger partial charge in [-0.1, -0.05) is 53.5 Å². The van der Waals surface area contributed by atoms with Crippen LogP contribution in [0.1, 0.15) is 18.5 Å². The number of carbonyl (C=O) groups excluding carboxylic acids is 2. The number of para-hydroxylation sites is 1. The molecule has 7 heteroatoms. The molecule has 5 nitrogen and oxygen atoms in total. The van der Waals surface area contributed by atoms with E-state index in [1.54, 1.807) is 55.5 Å². The minimum absolute atomic E-state index is 0.320. The molecule has 0 aromatic heterocycles. The Morgan fingerprint density at radius 1 is 1.08 bits per heavy atom. The zero-order chi connectivity index (χ0) is 18.0. The molecule has 2 atom stereocenters. The third kappa shape index (κ3) is 3.67. The van der Waals surface area contributed by atoms with Gasteiger partial charge in [-0.2, -0.15) is 0 Å². The Balaban J connectivity index is 1.96. The van der Waals surface area contributed by atoms with E-state index < -0.39 is 18.0 Å². The van der Waals surface area contributed by atoms with E-state index in [1.807, 2.05) is 0 Å². The lowest BCUT2D eigenvalue weighted by Crippen LogP contribution is -2.45. The molecule has 2 aromatic rings. The van der Waals surface area contributed by atoms with Gasteiger partial charge < -0.3 is 10.6 Å². The van der Waals surface area contributed by atoms with Crippen LogP contribution in [0.3, 0.4) is 0 Å². The number of hydrogen-bond donors (Lipinski definition) is 2. The largest absolute Gasteiger partial charge is 0.341 e. The number of hydrogen-bond acceptors (Lipinski definition) is 2. The minimum atomic E-state index is -0.700. The molecule has 0 spiro atoms. The molecule has 0 aliphatic carbocycles. The van der Waals surface area contributed by atoms with Crippen LogP contribution < -0.4 is 10.6 Å². The monoisotopic (exact) mass is 375 g/mol. The lowest BCUT2D eigenvalue weighted by atomic mass is 9.87.